The lowest BCUT2D eigenvalue weighted by Crippen LogP contribution is -2.59. The van der Waals surface area contributed by atoms with Gasteiger partial charge in [0.25, 0.3) is 0 Å². The summed E-state index contributed by atoms with van der Waals surface area (Å²) in [5.41, 5.74) is 0.966. The zero-order valence-electron chi connectivity index (χ0n) is 12.6. The molecule has 0 aromatic carbocycles. The Bertz CT molecular complexity index is 664. The van der Waals surface area contributed by atoms with Gasteiger partial charge in [0.15, 0.2) is 5.82 Å². The van der Waals surface area contributed by atoms with Crippen LogP contribution in [0, 0.1) is 5.82 Å². The summed E-state index contributed by atoms with van der Waals surface area (Å²) in [7, 11) is 0. The van der Waals surface area contributed by atoms with E-state index in [0.717, 1.165) is 31.0 Å². The fourth-order valence-corrected chi connectivity index (χ4v) is 4.63. The zero-order chi connectivity index (χ0) is 15.7. The Balaban J connectivity index is 1.29. The molecular weight excluding hydrogens is 315 g/mol. The van der Waals surface area contributed by atoms with E-state index in [1.54, 1.807) is 6.20 Å². The first-order valence-electron chi connectivity index (χ1n) is 7.60. The van der Waals surface area contributed by atoms with Gasteiger partial charge in [0.2, 0.25) is 5.95 Å². The van der Waals surface area contributed by atoms with Gasteiger partial charge in [-0.15, -0.1) is 11.8 Å². The summed E-state index contributed by atoms with van der Waals surface area (Å²) in [5, 5.41) is 0. The van der Waals surface area contributed by atoms with Crippen molar-refractivity contribution in [2.45, 2.75) is 23.9 Å². The maximum Gasteiger partial charge on any atom is 0.225 e. The Morgan fingerprint density at radius 3 is 2.83 bits per heavy atom. The van der Waals surface area contributed by atoms with Crippen LogP contribution in [0.2, 0.25) is 0 Å². The van der Waals surface area contributed by atoms with Gasteiger partial charge in [-0.1, -0.05) is 6.07 Å². The molecule has 2 aliphatic rings. The second-order valence-corrected chi connectivity index (χ2v) is 7.50. The van der Waals surface area contributed by atoms with Crippen molar-refractivity contribution in [3.05, 3.63) is 48.3 Å². The number of hydrogen-bond acceptors (Lipinski definition) is 6. The molecule has 0 aliphatic carbocycles. The Kier molecular flexibility index (Phi) is 3.90. The number of halogens is 1. The molecule has 4 heterocycles. The third kappa shape index (κ3) is 3.16. The van der Waals surface area contributed by atoms with Crippen molar-refractivity contribution < 1.29 is 9.13 Å². The molecule has 2 aliphatic heterocycles. The molecule has 4 rings (SSSR count). The number of aromatic nitrogens is 3. The van der Waals surface area contributed by atoms with E-state index in [2.05, 4.69) is 19.9 Å². The van der Waals surface area contributed by atoms with Crippen LogP contribution < -0.4 is 4.90 Å². The summed E-state index contributed by atoms with van der Waals surface area (Å²) in [6.45, 7) is 2.35. The molecule has 1 unspecified atom stereocenters. The Labute approximate surface area is 138 Å². The van der Waals surface area contributed by atoms with Crippen molar-refractivity contribution in [2.75, 3.05) is 23.7 Å². The summed E-state index contributed by atoms with van der Waals surface area (Å²) >= 11 is 1.96. The third-order valence-electron chi connectivity index (χ3n) is 4.22. The molecule has 1 atom stereocenters. The lowest BCUT2D eigenvalue weighted by Gasteiger charge is -2.47. The summed E-state index contributed by atoms with van der Waals surface area (Å²) < 4.78 is 19.1. The van der Waals surface area contributed by atoms with Crippen molar-refractivity contribution in [3.8, 4) is 0 Å². The molecule has 7 heteroatoms. The van der Waals surface area contributed by atoms with Crippen LogP contribution in [0.15, 0.2) is 36.8 Å². The molecule has 0 N–H and O–H groups in total. The SMILES string of the molecule is Fc1cnc(N2CC3(CC(OCc4ccccn4)CS3)C2)nc1. The summed E-state index contributed by atoms with van der Waals surface area (Å²) in [6.07, 6.45) is 5.51. The largest absolute Gasteiger partial charge is 0.371 e. The Hall–Kier alpha value is -1.73. The number of rotatable bonds is 4. The Morgan fingerprint density at radius 2 is 2.09 bits per heavy atom. The van der Waals surface area contributed by atoms with E-state index >= 15 is 0 Å². The van der Waals surface area contributed by atoms with Gasteiger partial charge >= 0.3 is 0 Å². The van der Waals surface area contributed by atoms with Crippen molar-refractivity contribution >= 4 is 17.7 Å². The number of hydrogen-bond donors (Lipinski definition) is 0. The van der Waals surface area contributed by atoms with Crippen LogP contribution in [-0.4, -0.2) is 44.6 Å². The highest BCUT2D eigenvalue weighted by Gasteiger charge is 2.50. The minimum absolute atomic E-state index is 0.229. The summed E-state index contributed by atoms with van der Waals surface area (Å²) in [5.74, 6) is 1.21. The van der Waals surface area contributed by atoms with Crippen molar-refractivity contribution in [1.82, 2.24) is 15.0 Å². The maximum absolute atomic E-state index is 12.9. The fraction of sp³-hybridized carbons (Fsp3) is 0.438. The molecule has 2 aromatic heterocycles. The highest BCUT2D eigenvalue weighted by atomic mass is 32.2. The second kappa shape index (κ2) is 6.05. The molecule has 2 saturated heterocycles. The van der Waals surface area contributed by atoms with Crippen LogP contribution in [0.25, 0.3) is 0 Å². The standard InChI is InChI=1S/C16H17FN4OS/c17-12-6-19-15(20-7-12)21-10-16(11-21)5-14(9-23-16)22-8-13-3-1-2-4-18-13/h1-4,6-7,14H,5,8-11H2. The predicted octanol–water partition coefficient (Wildman–Crippen LogP) is 2.29. The molecule has 120 valence electrons. The number of nitrogens with zero attached hydrogens (tertiary/aromatic N) is 4. The van der Waals surface area contributed by atoms with E-state index in [-0.39, 0.29) is 10.9 Å². The van der Waals surface area contributed by atoms with Crippen LogP contribution in [0.5, 0.6) is 0 Å². The van der Waals surface area contributed by atoms with E-state index < -0.39 is 5.82 Å². The highest BCUT2D eigenvalue weighted by Crippen LogP contribution is 2.46. The van der Waals surface area contributed by atoms with Gasteiger partial charge < -0.3 is 9.64 Å². The van der Waals surface area contributed by atoms with Crippen LogP contribution in [-0.2, 0) is 11.3 Å². The van der Waals surface area contributed by atoms with Gasteiger partial charge in [-0.05, 0) is 18.6 Å². The highest BCUT2D eigenvalue weighted by molar-refractivity contribution is 8.01. The molecule has 23 heavy (non-hydrogen) atoms. The lowest BCUT2D eigenvalue weighted by molar-refractivity contribution is 0.0458. The zero-order valence-corrected chi connectivity index (χ0v) is 13.4. The molecule has 0 bridgehead atoms. The first kappa shape index (κ1) is 14.8. The van der Waals surface area contributed by atoms with E-state index in [1.165, 1.54) is 12.4 Å². The normalized spacial score (nSPS) is 22.3. The third-order valence-corrected chi connectivity index (χ3v) is 5.79. The number of ether oxygens (including phenoxy) is 1. The average molecular weight is 332 g/mol. The molecule has 2 fully saturated rings. The topological polar surface area (TPSA) is 51.1 Å². The fourth-order valence-electron chi connectivity index (χ4n) is 3.08. The molecule has 0 amide bonds. The summed E-state index contributed by atoms with van der Waals surface area (Å²) in [4.78, 5) is 14.5. The van der Waals surface area contributed by atoms with Crippen LogP contribution >= 0.6 is 11.8 Å². The Morgan fingerprint density at radius 1 is 1.26 bits per heavy atom. The number of pyridine rings is 1. The van der Waals surface area contributed by atoms with Crippen molar-refractivity contribution in [1.29, 1.82) is 0 Å². The predicted molar refractivity (Wildman–Crippen MR) is 86.8 cm³/mol. The monoisotopic (exact) mass is 332 g/mol. The van der Waals surface area contributed by atoms with Crippen LogP contribution in [0.4, 0.5) is 10.3 Å². The van der Waals surface area contributed by atoms with E-state index in [4.69, 9.17) is 4.74 Å². The first-order chi connectivity index (χ1) is 11.2. The molecule has 2 aromatic rings. The van der Waals surface area contributed by atoms with Crippen LogP contribution in [0.3, 0.4) is 0 Å². The van der Waals surface area contributed by atoms with Crippen molar-refractivity contribution in [3.63, 3.8) is 0 Å². The number of anilines is 1. The van der Waals surface area contributed by atoms with Crippen LogP contribution in [0.1, 0.15) is 12.1 Å². The molecule has 1 spiro atoms. The quantitative estimate of drug-likeness (QED) is 0.856. The van der Waals surface area contributed by atoms with E-state index in [1.807, 2.05) is 30.0 Å². The first-order valence-corrected chi connectivity index (χ1v) is 8.59. The van der Waals surface area contributed by atoms with Gasteiger partial charge in [0.1, 0.15) is 0 Å². The van der Waals surface area contributed by atoms with Gasteiger partial charge in [-0.3, -0.25) is 4.98 Å². The minimum Gasteiger partial charge on any atom is -0.371 e. The smallest absolute Gasteiger partial charge is 0.225 e. The average Bonchev–Trinajstić information content (AvgIpc) is 2.98. The van der Waals surface area contributed by atoms with E-state index in [9.17, 15) is 4.39 Å². The summed E-state index contributed by atoms with van der Waals surface area (Å²) in [6, 6.07) is 5.86. The maximum atomic E-state index is 12.9. The molecular formula is C16H17FN4OS. The molecule has 0 saturated carbocycles. The van der Waals surface area contributed by atoms with Crippen molar-refractivity contribution in [2.24, 2.45) is 0 Å². The molecule has 5 nitrogen and oxygen atoms in total. The van der Waals surface area contributed by atoms with Gasteiger partial charge in [0, 0.05) is 25.0 Å². The van der Waals surface area contributed by atoms with Gasteiger partial charge in [-0.2, -0.15) is 0 Å². The minimum atomic E-state index is -0.401. The number of thioether (sulfide) groups is 1. The van der Waals surface area contributed by atoms with Gasteiger partial charge in [-0.25, -0.2) is 14.4 Å². The van der Waals surface area contributed by atoms with E-state index in [0.29, 0.717) is 12.6 Å². The van der Waals surface area contributed by atoms with Gasteiger partial charge in [0.05, 0.1) is 35.5 Å². The molecule has 0 radical (unpaired) electrons. The second-order valence-electron chi connectivity index (χ2n) is 6.01. The lowest BCUT2D eigenvalue weighted by atomic mass is 9.93.